The Balaban J connectivity index is 1.67. The van der Waals surface area contributed by atoms with E-state index < -0.39 is 0 Å². The molecule has 3 unspecified atom stereocenters. The molecule has 1 spiro atoms. The molecule has 3 saturated carbocycles. The topological polar surface area (TPSA) is 9.23 Å². The van der Waals surface area contributed by atoms with Crippen LogP contribution in [0.3, 0.4) is 0 Å². The van der Waals surface area contributed by atoms with Crippen molar-refractivity contribution < 1.29 is 4.74 Å². The number of hydrogen-bond acceptors (Lipinski definition) is 1. The smallest absolute Gasteiger partial charge is 0.0581 e. The Morgan fingerprint density at radius 2 is 1.60 bits per heavy atom. The van der Waals surface area contributed by atoms with E-state index in [0.29, 0.717) is 16.9 Å². The minimum Gasteiger partial charge on any atom is -0.378 e. The summed E-state index contributed by atoms with van der Waals surface area (Å²) in [4.78, 5) is 0. The van der Waals surface area contributed by atoms with Crippen molar-refractivity contribution in [2.24, 2.45) is 34.5 Å². The lowest BCUT2D eigenvalue weighted by molar-refractivity contribution is -0.0571. The largest absolute Gasteiger partial charge is 0.378 e. The lowest BCUT2D eigenvalue weighted by Crippen LogP contribution is -2.48. The summed E-state index contributed by atoms with van der Waals surface area (Å²) in [7, 11) is 0. The second-order valence-corrected chi connectivity index (χ2v) is 9.23. The van der Waals surface area contributed by atoms with Gasteiger partial charge in [0.25, 0.3) is 0 Å². The van der Waals surface area contributed by atoms with Gasteiger partial charge in [-0.15, -0.1) is 0 Å². The van der Waals surface area contributed by atoms with Gasteiger partial charge in [-0.3, -0.25) is 0 Å². The molecule has 20 heavy (non-hydrogen) atoms. The minimum absolute atomic E-state index is 0.562. The Hall–Kier alpha value is -0.0400. The molecule has 0 aromatic carbocycles. The van der Waals surface area contributed by atoms with Gasteiger partial charge in [0.05, 0.1) is 12.7 Å². The van der Waals surface area contributed by atoms with E-state index >= 15 is 0 Å². The van der Waals surface area contributed by atoms with E-state index in [4.69, 9.17) is 4.74 Å². The maximum atomic E-state index is 6.16. The van der Waals surface area contributed by atoms with Crippen LogP contribution in [0.2, 0.25) is 0 Å². The average molecular weight is 276 g/mol. The van der Waals surface area contributed by atoms with Crippen molar-refractivity contribution in [2.75, 3.05) is 6.61 Å². The molecule has 0 amide bonds. The van der Waals surface area contributed by atoms with Crippen LogP contribution < -0.4 is 0 Å². The second-order valence-electron chi connectivity index (χ2n) is 9.23. The predicted octanol–water partition coefficient (Wildman–Crippen LogP) is 5.04. The van der Waals surface area contributed by atoms with Gasteiger partial charge in [0.15, 0.2) is 0 Å². The Labute approximate surface area is 124 Å². The molecule has 1 heteroatoms. The molecular formula is C19H32O. The predicted molar refractivity (Wildman–Crippen MR) is 82.5 cm³/mol. The van der Waals surface area contributed by atoms with Crippen LogP contribution in [0.1, 0.15) is 72.1 Å². The van der Waals surface area contributed by atoms with Crippen LogP contribution in [0, 0.1) is 34.5 Å². The number of hydrogen-bond donors (Lipinski definition) is 0. The molecule has 0 aromatic heterocycles. The Kier molecular flexibility index (Phi) is 3.05. The van der Waals surface area contributed by atoms with E-state index in [1.807, 2.05) is 0 Å². The average Bonchev–Trinajstić information content (AvgIpc) is 2.73. The molecule has 1 heterocycles. The van der Waals surface area contributed by atoms with Crippen molar-refractivity contribution in [3.8, 4) is 0 Å². The van der Waals surface area contributed by atoms with Crippen molar-refractivity contribution in [1.82, 2.24) is 0 Å². The van der Waals surface area contributed by atoms with Crippen molar-refractivity contribution >= 4 is 0 Å². The summed E-state index contributed by atoms with van der Waals surface area (Å²) in [6.07, 6.45) is 12.2. The summed E-state index contributed by atoms with van der Waals surface area (Å²) in [5, 5.41) is 0. The zero-order valence-corrected chi connectivity index (χ0v) is 13.7. The molecule has 4 rings (SSSR count). The monoisotopic (exact) mass is 276 g/mol. The van der Waals surface area contributed by atoms with Crippen LogP contribution in [-0.2, 0) is 4.74 Å². The lowest BCUT2D eigenvalue weighted by atomic mass is 9.49. The molecule has 0 aromatic rings. The number of rotatable bonds is 0. The molecule has 4 bridgehead atoms. The zero-order valence-electron chi connectivity index (χ0n) is 13.7. The summed E-state index contributed by atoms with van der Waals surface area (Å²) >= 11 is 0. The third-order valence-corrected chi connectivity index (χ3v) is 8.09. The van der Waals surface area contributed by atoms with E-state index in [1.54, 1.807) is 0 Å². The third kappa shape index (κ3) is 1.84. The molecule has 0 N–H and O–H groups in total. The molecular weight excluding hydrogens is 244 g/mol. The maximum absolute atomic E-state index is 6.16. The Morgan fingerprint density at radius 1 is 0.850 bits per heavy atom. The maximum Gasteiger partial charge on any atom is 0.0581 e. The van der Waals surface area contributed by atoms with Gasteiger partial charge in [-0.25, -0.2) is 0 Å². The fraction of sp³-hybridized carbons (Fsp3) is 1.00. The molecule has 6 atom stereocenters. The van der Waals surface area contributed by atoms with Gasteiger partial charge >= 0.3 is 0 Å². The first-order valence-corrected chi connectivity index (χ1v) is 9.13. The van der Waals surface area contributed by atoms with E-state index in [1.165, 1.54) is 51.4 Å². The van der Waals surface area contributed by atoms with Crippen LogP contribution in [0.5, 0.6) is 0 Å². The van der Waals surface area contributed by atoms with Gasteiger partial charge in [0.1, 0.15) is 0 Å². The van der Waals surface area contributed by atoms with Gasteiger partial charge in [0.2, 0.25) is 0 Å². The van der Waals surface area contributed by atoms with E-state index in [0.717, 1.165) is 30.3 Å². The molecule has 114 valence electrons. The Bertz CT molecular complexity index is 387. The van der Waals surface area contributed by atoms with Gasteiger partial charge in [-0.05, 0) is 79.4 Å². The number of ether oxygens (including phenoxy) is 1. The first-order chi connectivity index (χ1) is 9.51. The first-order valence-electron chi connectivity index (χ1n) is 9.13. The lowest BCUT2D eigenvalue weighted by Gasteiger charge is -2.55. The van der Waals surface area contributed by atoms with Crippen LogP contribution in [-0.4, -0.2) is 12.7 Å². The molecule has 1 aliphatic heterocycles. The fourth-order valence-electron chi connectivity index (χ4n) is 6.74. The summed E-state index contributed by atoms with van der Waals surface area (Å²) in [5.41, 5.74) is 1.14. The first kappa shape index (κ1) is 13.6. The standard InChI is InChI=1S/C19H32O/c1-13-4-5-15-10-19-11-16(20-12-19)8-6-14(19)7-9-17(13)18(15,2)3/h13-17H,4-12H2,1-3H3/t13?,14?,15-,16-,17-,19?/m1/s1. The highest BCUT2D eigenvalue weighted by molar-refractivity contribution is 5.04. The molecule has 4 aliphatic rings. The molecule has 0 radical (unpaired) electrons. The van der Waals surface area contributed by atoms with Crippen LogP contribution in [0.25, 0.3) is 0 Å². The minimum atomic E-state index is 0.562. The van der Waals surface area contributed by atoms with Crippen molar-refractivity contribution in [1.29, 1.82) is 0 Å². The van der Waals surface area contributed by atoms with Gasteiger partial charge in [-0.1, -0.05) is 27.2 Å². The van der Waals surface area contributed by atoms with Crippen molar-refractivity contribution in [3.63, 3.8) is 0 Å². The molecule has 3 aliphatic carbocycles. The summed E-state index contributed by atoms with van der Waals surface area (Å²) < 4.78 is 6.16. The quantitative estimate of drug-likeness (QED) is 0.602. The molecule has 4 fully saturated rings. The zero-order chi connectivity index (χ0) is 14.0. The Morgan fingerprint density at radius 3 is 2.45 bits per heavy atom. The van der Waals surface area contributed by atoms with Crippen LogP contribution in [0.4, 0.5) is 0 Å². The fourth-order valence-corrected chi connectivity index (χ4v) is 6.74. The third-order valence-electron chi connectivity index (χ3n) is 8.09. The van der Waals surface area contributed by atoms with Gasteiger partial charge in [-0.2, -0.15) is 0 Å². The van der Waals surface area contributed by atoms with E-state index in [9.17, 15) is 0 Å². The van der Waals surface area contributed by atoms with Crippen molar-refractivity contribution in [3.05, 3.63) is 0 Å². The summed E-state index contributed by atoms with van der Waals surface area (Å²) in [6.45, 7) is 8.79. The highest BCUT2D eigenvalue weighted by atomic mass is 16.5. The normalized spacial score (nSPS) is 53.9. The highest BCUT2D eigenvalue weighted by Crippen LogP contribution is 2.61. The molecule has 1 nitrogen and oxygen atoms in total. The van der Waals surface area contributed by atoms with Crippen LogP contribution in [0.15, 0.2) is 0 Å². The SMILES string of the molecule is CC1CC[C@@H]2CC34CO[C@H](CCC3CC[C@H]1C2(C)C)C4. The van der Waals surface area contributed by atoms with Gasteiger partial charge in [0, 0.05) is 0 Å². The van der Waals surface area contributed by atoms with Crippen LogP contribution >= 0.6 is 0 Å². The summed E-state index contributed by atoms with van der Waals surface area (Å²) in [6, 6.07) is 0. The van der Waals surface area contributed by atoms with E-state index in [-0.39, 0.29) is 0 Å². The van der Waals surface area contributed by atoms with Crippen molar-refractivity contribution in [2.45, 2.75) is 78.2 Å². The number of fused-ring (bicyclic) bond motifs is 3. The van der Waals surface area contributed by atoms with Gasteiger partial charge < -0.3 is 4.74 Å². The molecule has 1 saturated heterocycles. The second kappa shape index (κ2) is 4.48. The van der Waals surface area contributed by atoms with E-state index in [2.05, 4.69) is 20.8 Å². The highest BCUT2D eigenvalue weighted by Gasteiger charge is 2.55. The summed E-state index contributed by atoms with van der Waals surface area (Å²) in [5.74, 6) is 3.85.